The summed E-state index contributed by atoms with van der Waals surface area (Å²) in [5.74, 6) is -1.32. The third kappa shape index (κ3) is 16.8. The smallest absolute Gasteiger partial charge is 0.303 e. The number of aliphatic hydroxyl groups excluding tert-OH is 2. The van der Waals surface area contributed by atoms with Crippen LogP contribution in [0, 0.1) is 47.3 Å². The third-order valence-electron chi connectivity index (χ3n) is 19.3. The van der Waals surface area contributed by atoms with Crippen LogP contribution in [0.2, 0.25) is 0 Å². The van der Waals surface area contributed by atoms with Crippen molar-refractivity contribution in [3.63, 3.8) is 0 Å². The fraction of sp³-hybridized carbons (Fsp3) is 0.643. The monoisotopic (exact) mass is 1210 g/mol. The van der Waals surface area contributed by atoms with Crippen molar-refractivity contribution in [3.05, 3.63) is 144 Å². The van der Waals surface area contributed by atoms with Crippen molar-refractivity contribution >= 4 is 5.97 Å². The third-order valence-corrected chi connectivity index (χ3v) is 19.3. The maximum Gasteiger partial charge on any atom is 0.303 e. The summed E-state index contributed by atoms with van der Waals surface area (Å²) in [5.41, 5.74) is 3.98. The molecule has 87 heavy (non-hydrogen) atoms. The molecule has 0 spiro atoms. The number of carbonyl (C=O) groups is 1. The van der Waals surface area contributed by atoms with Gasteiger partial charge in [-0.3, -0.25) is 4.79 Å². The number of hydrogen-bond donors (Lipinski definition) is 2. The van der Waals surface area contributed by atoms with Crippen LogP contribution in [0.5, 0.6) is 0 Å². The summed E-state index contributed by atoms with van der Waals surface area (Å²) in [7, 11) is 0. The topological polar surface area (TPSA) is 187 Å². The van der Waals surface area contributed by atoms with Gasteiger partial charge in [0.15, 0.2) is 37.6 Å². The molecule has 0 aliphatic carbocycles. The standard InChI is InChI=1S/C70H98O17/c1-12-54-41(3)43(5)63(86-67-48(10)46(8)60(55(13-2)80-67)84-68-62(78-49(11)72)44(6)42(4)57(82-68)39-74-35-50-26-18-14-19-27-50)69(79-54)87-64-59(73)56(34-71)81-70(65(64)76-37-52-30-22-16-23-31-52)85-61-45(7)47(9)66(77-38-53-32-24-17-25-33-53)83-58(61)40-75-36-51-28-20-15-21-29-51/h14-33,41-48,54-71,73H,12-13,34-40H2,1-11H3/t41-,42-,43-,44?,45?,46?,47+,48+,54?,55?,56?,57?,58?,59-,60+,61+,62+,63?,64?,65-,66-,67+,68+,69+,70+/m1/s1. The van der Waals surface area contributed by atoms with E-state index in [0.29, 0.717) is 39.3 Å². The second-order valence-corrected chi connectivity index (χ2v) is 25.1. The van der Waals surface area contributed by atoms with Crippen molar-refractivity contribution in [2.75, 3.05) is 19.8 Å². The van der Waals surface area contributed by atoms with Crippen molar-refractivity contribution in [1.82, 2.24) is 0 Å². The second-order valence-electron chi connectivity index (χ2n) is 25.1. The highest BCUT2D eigenvalue weighted by atomic mass is 16.8. The average molecular weight is 1210 g/mol. The van der Waals surface area contributed by atoms with Gasteiger partial charge in [-0.05, 0) is 64.7 Å². The van der Waals surface area contributed by atoms with Gasteiger partial charge in [-0.15, -0.1) is 0 Å². The van der Waals surface area contributed by atoms with E-state index in [1.165, 1.54) is 6.92 Å². The van der Waals surface area contributed by atoms with Gasteiger partial charge in [0.2, 0.25) is 0 Å². The zero-order valence-electron chi connectivity index (χ0n) is 52.9. The van der Waals surface area contributed by atoms with Crippen LogP contribution in [0.3, 0.4) is 0 Å². The summed E-state index contributed by atoms with van der Waals surface area (Å²) < 4.78 is 95.0. The molecular formula is C70H98O17. The van der Waals surface area contributed by atoms with Crippen LogP contribution >= 0.6 is 0 Å². The lowest BCUT2D eigenvalue weighted by molar-refractivity contribution is -0.390. The van der Waals surface area contributed by atoms with Crippen LogP contribution in [-0.4, -0.2) is 141 Å². The largest absolute Gasteiger partial charge is 0.457 e. The molecule has 0 radical (unpaired) electrons. The lowest BCUT2D eigenvalue weighted by Crippen LogP contribution is -2.65. The SMILES string of the molecule is CCC1O[C@@H](OC2[C@H](OC3[C@H](O)C(CO)O[C@@H](O[C@@H]4C(COCc5ccccc5)O[C@@H](OCc5ccccc5)[C@@H](C)C4C)[C@@H]3OCc3ccccc3)OC(CC)[C@H](C)[C@H]2C)[C@@H](C)C(C)[C@@H]1O[C@@H]1OC(COCc2ccccc2)[C@H](C)C(C)[C@@H]1OC(C)=O. The van der Waals surface area contributed by atoms with Crippen molar-refractivity contribution in [2.24, 2.45) is 47.3 Å². The highest BCUT2D eigenvalue weighted by Gasteiger charge is 2.56. The Bertz CT molecular complexity index is 2620. The van der Waals surface area contributed by atoms with E-state index in [4.69, 9.17) is 66.3 Å². The maximum absolute atomic E-state index is 12.7. The molecule has 480 valence electrons. The molecule has 17 heteroatoms. The molecule has 5 fully saturated rings. The van der Waals surface area contributed by atoms with E-state index in [9.17, 15) is 15.0 Å². The Hall–Kier alpha value is -4.25. The predicted molar refractivity (Wildman–Crippen MR) is 324 cm³/mol. The van der Waals surface area contributed by atoms with Crippen molar-refractivity contribution in [1.29, 1.82) is 0 Å². The lowest BCUT2D eigenvalue weighted by Gasteiger charge is -2.52. The Balaban J connectivity index is 0.961. The average Bonchev–Trinajstić information content (AvgIpc) is 1.05. The minimum absolute atomic E-state index is 0.00450. The summed E-state index contributed by atoms with van der Waals surface area (Å²) in [6.45, 7) is 23.7. The van der Waals surface area contributed by atoms with E-state index in [0.717, 1.165) is 22.3 Å². The van der Waals surface area contributed by atoms with Gasteiger partial charge in [-0.25, -0.2) is 0 Å². The number of rotatable bonds is 26. The fourth-order valence-corrected chi connectivity index (χ4v) is 13.0. The number of aliphatic hydroxyl groups is 2. The van der Waals surface area contributed by atoms with Crippen LogP contribution in [-0.2, 0) is 97.5 Å². The normalized spacial score (nSPS) is 38.2. The number of esters is 1. The molecule has 0 bridgehead atoms. The Labute approximate surface area is 516 Å². The minimum Gasteiger partial charge on any atom is -0.457 e. The molecule has 0 aromatic heterocycles. The zero-order valence-corrected chi connectivity index (χ0v) is 52.9. The van der Waals surface area contributed by atoms with Crippen LogP contribution in [0.25, 0.3) is 0 Å². The summed E-state index contributed by atoms with van der Waals surface area (Å²) in [4.78, 5) is 12.7. The first-order valence-corrected chi connectivity index (χ1v) is 32.0. The molecule has 9 rings (SSSR count). The van der Waals surface area contributed by atoms with Gasteiger partial charge in [0.1, 0.15) is 36.6 Å². The molecule has 4 aromatic rings. The van der Waals surface area contributed by atoms with Crippen LogP contribution in [0.1, 0.15) is 111 Å². The van der Waals surface area contributed by atoms with E-state index < -0.39 is 105 Å². The summed E-state index contributed by atoms with van der Waals surface area (Å²) in [5, 5.41) is 23.5. The second kappa shape index (κ2) is 32.2. The molecule has 4 aromatic carbocycles. The molecule has 25 atom stereocenters. The van der Waals surface area contributed by atoms with Crippen LogP contribution in [0.4, 0.5) is 0 Å². The van der Waals surface area contributed by atoms with E-state index in [2.05, 4.69) is 69.2 Å². The Morgan fingerprint density at radius 3 is 1.30 bits per heavy atom. The highest BCUT2D eigenvalue weighted by molar-refractivity contribution is 5.66. The van der Waals surface area contributed by atoms with E-state index in [1.807, 2.05) is 121 Å². The summed E-state index contributed by atoms with van der Waals surface area (Å²) >= 11 is 0. The number of hydrogen-bond acceptors (Lipinski definition) is 17. The number of benzene rings is 4. The van der Waals surface area contributed by atoms with Crippen molar-refractivity contribution in [3.8, 4) is 0 Å². The Morgan fingerprint density at radius 2 is 0.770 bits per heavy atom. The van der Waals surface area contributed by atoms with Gasteiger partial charge < -0.3 is 76.5 Å². The first kappa shape index (κ1) is 67.2. The van der Waals surface area contributed by atoms with Crippen molar-refractivity contribution < 1.29 is 81.3 Å². The predicted octanol–water partition coefficient (Wildman–Crippen LogP) is 10.6. The molecule has 5 saturated heterocycles. The lowest BCUT2D eigenvalue weighted by atomic mass is 9.81. The summed E-state index contributed by atoms with van der Waals surface area (Å²) in [6, 6.07) is 39.7. The molecule has 0 saturated carbocycles. The minimum atomic E-state index is -1.40. The van der Waals surface area contributed by atoms with Gasteiger partial charge in [-0.2, -0.15) is 0 Å². The van der Waals surface area contributed by atoms with Crippen molar-refractivity contribution in [2.45, 2.75) is 220 Å². The summed E-state index contributed by atoms with van der Waals surface area (Å²) in [6.07, 6.45) is -12.1. The molecule has 2 N–H and O–H groups in total. The van der Waals surface area contributed by atoms with Crippen LogP contribution < -0.4 is 0 Å². The molecule has 5 aliphatic rings. The first-order valence-electron chi connectivity index (χ1n) is 32.0. The van der Waals surface area contributed by atoms with E-state index in [-0.39, 0.29) is 72.8 Å². The Kier molecular flexibility index (Phi) is 24.8. The van der Waals surface area contributed by atoms with Gasteiger partial charge in [0.25, 0.3) is 0 Å². The maximum atomic E-state index is 12.7. The molecule has 5 heterocycles. The van der Waals surface area contributed by atoms with Gasteiger partial charge in [0, 0.05) is 24.7 Å². The molecule has 5 aliphatic heterocycles. The fourth-order valence-electron chi connectivity index (χ4n) is 13.0. The Morgan fingerprint density at radius 1 is 0.391 bits per heavy atom. The zero-order chi connectivity index (χ0) is 61.7. The van der Waals surface area contributed by atoms with Crippen LogP contribution in [0.15, 0.2) is 121 Å². The number of carbonyl (C=O) groups excluding carboxylic acids is 1. The van der Waals surface area contributed by atoms with Gasteiger partial charge in [-0.1, -0.05) is 191 Å². The first-order chi connectivity index (χ1) is 42.1. The van der Waals surface area contributed by atoms with Gasteiger partial charge in [0.05, 0.1) is 76.8 Å². The molecule has 0 amide bonds. The molecule has 17 nitrogen and oxygen atoms in total. The van der Waals surface area contributed by atoms with E-state index >= 15 is 0 Å². The highest BCUT2D eigenvalue weighted by Crippen LogP contribution is 2.44. The number of ether oxygens (including phenoxy) is 14. The quantitative estimate of drug-likeness (QED) is 0.0565. The molecular weight excluding hydrogens is 1110 g/mol. The van der Waals surface area contributed by atoms with Gasteiger partial charge >= 0.3 is 5.97 Å². The van der Waals surface area contributed by atoms with E-state index in [1.54, 1.807) is 0 Å². The molecule has 10 unspecified atom stereocenters.